The van der Waals surface area contributed by atoms with Crippen LogP contribution in [0.15, 0.2) is 18.2 Å². The van der Waals surface area contributed by atoms with Gasteiger partial charge in [-0.1, -0.05) is 22.9 Å². The number of halogens is 1. The molecule has 0 aromatic heterocycles. The Bertz CT molecular complexity index is 466. The lowest BCUT2D eigenvalue weighted by Gasteiger charge is -2.24. The average molecular weight is 345 g/mol. The molecule has 0 bridgehead atoms. The summed E-state index contributed by atoms with van der Waals surface area (Å²) in [6.07, 6.45) is 2.82. The van der Waals surface area contributed by atoms with E-state index in [9.17, 15) is 15.2 Å². The van der Waals surface area contributed by atoms with E-state index in [2.05, 4.69) is 27.8 Å². The number of nitrogens with zero attached hydrogens (tertiary/aromatic N) is 2. The Morgan fingerprint density at radius 3 is 2.55 bits per heavy atom. The smallest absolute Gasteiger partial charge is 0.270 e. The number of aromatic hydroxyl groups is 1. The third kappa shape index (κ3) is 4.45. The van der Waals surface area contributed by atoms with Gasteiger partial charge in [0.25, 0.3) is 5.69 Å². The van der Waals surface area contributed by atoms with Gasteiger partial charge in [0.15, 0.2) is 0 Å². The molecule has 6 heteroatoms. The van der Waals surface area contributed by atoms with Gasteiger partial charge < -0.3 is 10.0 Å². The van der Waals surface area contributed by atoms with Gasteiger partial charge in [0, 0.05) is 28.6 Å². The minimum Gasteiger partial charge on any atom is -0.508 e. The zero-order valence-electron chi connectivity index (χ0n) is 12.0. The number of hydrogen-bond acceptors (Lipinski definition) is 4. The zero-order chi connectivity index (χ0) is 15.3. The van der Waals surface area contributed by atoms with Crippen molar-refractivity contribution in [2.24, 2.45) is 0 Å². The number of non-ortho nitro benzene ring substituents is 1. The average Bonchev–Trinajstić information content (AvgIpc) is 2.38. The van der Waals surface area contributed by atoms with E-state index in [1.54, 1.807) is 0 Å². The van der Waals surface area contributed by atoms with Crippen LogP contribution in [0.5, 0.6) is 5.75 Å². The summed E-state index contributed by atoms with van der Waals surface area (Å²) in [6.45, 7) is 2.14. The number of rotatable bonds is 7. The van der Waals surface area contributed by atoms with E-state index in [1.165, 1.54) is 18.2 Å². The van der Waals surface area contributed by atoms with E-state index in [1.807, 2.05) is 14.1 Å². The normalized spacial score (nSPS) is 14.2. The maximum absolute atomic E-state index is 10.8. The summed E-state index contributed by atoms with van der Waals surface area (Å²) in [4.78, 5) is 12.4. The molecule has 1 aromatic rings. The number of benzene rings is 1. The van der Waals surface area contributed by atoms with Crippen LogP contribution in [0.25, 0.3) is 0 Å². The molecule has 1 N–H and O–H groups in total. The lowest BCUT2D eigenvalue weighted by Crippen LogP contribution is -2.27. The van der Waals surface area contributed by atoms with Crippen LogP contribution in [-0.2, 0) is 0 Å². The van der Waals surface area contributed by atoms with Crippen molar-refractivity contribution in [1.29, 1.82) is 0 Å². The van der Waals surface area contributed by atoms with Crippen molar-refractivity contribution >= 4 is 21.6 Å². The molecule has 20 heavy (non-hydrogen) atoms. The van der Waals surface area contributed by atoms with Crippen molar-refractivity contribution in [3.63, 3.8) is 0 Å². The molecule has 0 heterocycles. The Morgan fingerprint density at radius 2 is 2.05 bits per heavy atom. The van der Waals surface area contributed by atoms with Gasteiger partial charge in [0.2, 0.25) is 0 Å². The first kappa shape index (κ1) is 16.9. The van der Waals surface area contributed by atoms with Crippen molar-refractivity contribution in [2.75, 3.05) is 14.1 Å². The number of alkyl halides is 1. The Hall–Kier alpha value is -1.14. The second-order valence-electron chi connectivity index (χ2n) is 5.07. The second-order valence-corrected chi connectivity index (χ2v) is 6.18. The molecular formula is C14H21BrN2O3. The lowest BCUT2D eigenvalue weighted by atomic mass is 10.0. The van der Waals surface area contributed by atoms with Gasteiger partial charge in [0.05, 0.1) is 4.92 Å². The van der Waals surface area contributed by atoms with E-state index in [0.717, 1.165) is 19.3 Å². The first-order valence-electron chi connectivity index (χ1n) is 6.64. The summed E-state index contributed by atoms with van der Waals surface area (Å²) < 4.78 is 0. The molecule has 0 saturated heterocycles. The van der Waals surface area contributed by atoms with Crippen LogP contribution in [0, 0.1) is 10.1 Å². The fraction of sp³-hybridized carbons (Fsp3) is 0.571. The number of phenols is 1. The molecule has 2 atom stereocenters. The SMILES string of the molecule is CCC(CCC(Br)c1cc([N+](=O)[O-])ccc1O)N(C)C. The molecule has 5 nitrogen and oxygen atoms in total. The third-order valence-electron chi connectivity index (χ3n) is 3.51. The summed E-state index contributed by atoms with van der Waals surface area (Å²) in [7, 11) is 4.09. The summed E-state index contributed by atoms with van der Waals surface area (Å²) >= 11 is 3.53. The van der Waals surface area contributed by atoms with Crippen molar-refractivity contribution in [2.45, 2.75) is 37.1 Å². The summed E-state index contributed by atoms with van der Waals surface area (Å²) in [5.41, 5.74) is 0.578. The summed E-state index contributed by atoms with van der Waals surface area (Å²) in [5.74, 6) is 0.0929. The summed E-state index contributed by atoms with van der Waals surface area (Å²) in [5, 5.41) is 20.6. The fourth-order valence-electron chi connectivity index (χ4n) is 2.23. The lowest BCUT2D eigenvalue weighted by molar-refractivity contribution is -0.384. The monoisotopic (exact) mass is 344 g/mol. The molecule has 2 unspecified atom stereocenters. The minimum atomic E-state index is -0.447. The van der Waals surface area contributed by atoms with Crippen LogP contribution in [-0.4, -0.2) is 35.1 Å². The largest absolute Gasteiger partial charge is 0.508 e. The van der Waals surface area contributed by atoms with Crippen LogP contribution in [0.2, 0.25) is 0 Å². The molecule has 0 saturated carbocycles. The highest BCUT2D eigenvalue weighted by molar-refractivity contribution is 9.09. The highest BCUT2D eigenvalue weighted by atomic mass is 79.9. The first-order valence-corrected chi connectivity index (χ1v) is 7.56. The maximum Gasteiger partial charge on any atom is 0.270 e. The van der Waals surface area contributed by atoms with Crippen molar-refractivity contribution in [3.05, 3.63) is 33.9 Å². The second kappa shape index (κ2) is 7.59. The zero-order valence-corrected chi connectivity index (χ0v) is 13.6. The molecule has 1 rings (SSSR count). The van der Waals surface area contributed by atoms with E-state index in [-0.39, 0.29) is 16.3 Å². The fourth-order valence-corrected chi connectivity index (χ4v) is 2.86. The van der Waals surface area contributed by atoms with Crippen LogP contribution < -0.4 is 0 Å². The maximum atomic E-state index is 10.8. The Kier molecular flexibility index (Phi) is 6.42. The van der Waals surface area contributed by atoms with Crippen molar-refractivity contribution in [1.82, 2.24) is 4.90 Å². The highest BCUT2D eigenvalue weighted by Gasteiger charge is 2.18. The first-order chi connectivity index (χ1) is 9.36. The molecule has 0 fully saturated rings. The topological polar surface area (TPSA) is 66.6 Å². The van der Waals surface area contributed by atoms with E-state index in [0.29, 0.717) is 11.6 Å². The molecule has 112 valence electrons. The predicted molar refractivity (Wildman–Crippen MR) is 83.4 cm³/mol. The minimum absolute atomic E-state index is 0.00176. The van der Waals surface area contributed by atoms with Gasteiger partial charge >= 0.3 is 0 Å². The van der Waals surface area contributed by atoms with E-state index >= 15 is 0 Å². The number of hydrogen-bond donors (Lipinski definition) is 1. The molecule has 0 aliphatic heterocycles. The molecule has 0 aliphatic rings. The molecular weight excluding hydrogens is 324 g/mol. The van der Waals surface area contributed by atoms with Gasteiger partial charge in [-0.25, -0.2) is 0 Å². The summed E-state index contributed by atoms with van der Waals surface area (Å²) in [6, 6.07) is 4.60. The van der Waals surface area contributed by atoms with E-state index in [4.69, 9.17) is 0 Å². The number of phenolic OH excluding ortho intramolecular Hbond substituents is 1. The van der Waals surface area contributed by atoms with Crippen LogP contribution in [0.4, 0.5) is 5.69 Å². The molecule has 0 aliphatic carbocycles. The van der Waals surface area contributed by atoms with Crippen LogP contribution >= 0.6 is 15.9 Å². The van der Waals surface area contributed by atoms with Gasteiger partial charge in [-0.15, -0.1) is 0 Å². The van der Waals surface area contributed by atoms with Gasteiger partial charge in [0.1, 0.15) is 5.75 Å². The highest BCUT2D eigenvalue weighted by Crippen LogP contribution is 2.36. The Balaban J connectivity index is 2.79. The van der Waals surface area contributed by atoms with E-state index < -0.39 is 4.92 Å². The van der Waals surface area contributed by atoms with Crippen molar-refractivity contribution in [3.8, 4) is 5.75 Å². The molecule has 1 aromatic carbocycles. The third-order valence-corrected chi connectivity index (χ3v) is 4.47. The molecule has 0 amide bonds. The number of nitro groups is 1. The molecule has 0 spiro atoms. The van der Waals surface area contributed by atoms with Crippen molar-refractivity contribution < 1.29 is 10.0 Å². The Labute approximate surface area is 127 Å². The van der Waals surface area contributed by atoms with Crippen LogP contribution in [0.1, 0.15) is 36.6 Å². The quantitative estimate of drug-likeness (QED) is 0.463. The predicted octanol–water partition coefficient (Wildman–Crippen LogP) is 3.86. The standard InChI is InChI=1S/C14H21BrN2O3/c1-4-10(16(2)3)5-7-13(15)12-9-11(17(19)20)6-8-14(12)18/h6,8-10,13,18H,4-5,7H2,1-3H3. The van der Waals surface area contributed by atoms with Gasteiger partial charge in [-0.2, -0.15) is 0 Å². The van der Waals surface area contributed by atoms with Gasteiger partial charge in [-0.3, -0.25) is 10.1 Å². The number of nitro benzene ring substituents is 1. The Morgan fingerprint density at radius 1 is 1.40 bits per heavy atom. The van der Waals surface area contributed by atoms with Gasteiger partial charge in [-0.05, 0) is 39.4 Å². The van der Waals surface area contributed by atoms with Crippen LogP contribution in [0.3, 0.4) is 0 Å². The molecule has 0 radical (unpaired) electrons.